The lowest BCUT2D eigenvalue weighted by Gasteiger charge is -2.49. The Labute approximate surface area is 409 Å². The van der Waals surface area contributed by atoms with Crippen molar-refractivity contribution < 1.29 is 56.8 Å². The Balaban J connectivity index is 0.875. The number of ether oxygens (including phenoxy) is 12. The summed E-state index contributed by atoms with van der Waals surface area (Å²) in [7, 11) is 0. The van der Waals surface area contributed by atoms with E-state index >= 15 is 0 Å². The van der Waals surface area contributed by atoms with Gasteiger partial charge >= 0.3 is 0 Å². The van der Waals surface area contributed by atoms with E-state index in [0.717, 1.165) is 33.4 Å². The Hall–Kier alpha value is -5.42. The first-order valence-electron chi connectivity index (χ1n) is 24.2. The number of benzene rings is 6. The highest BCUT2D eigenvalue weighted by molar-refractivity contribution is 5.20. The fourth-order valence-corrected chi connectivity index (χ4v) is 9.16. The molecule has 0 bridgehead atoms. The summed E-state index contributed by atoms with van der Waals surface area (Å²) in [6.45, 7) is 2.23. The van der Waals surface area contributed by atoms with Crippen LogP contribution in [0.4, 0.5) is 0 Å². The van der Waals surface area contributed by atoms with Crippen molar-refractivity contribution in [3.8, 4) is 0 Å². The van der Waals surface area contributed by atoms with Crippen LogP contribution in [0, 0.1) is 0 Å². The van der Waals surface area contributed by atoms with Crippen LogP contribution < -0.4 is 0 Å². The topological polar surface area (TPSA) is 111 Å². The molecule has 4 saturated heterocycles. The minimum atomic E-state index is -0.802. The number of hydrogen-bond donors (Lipinski definition) is 0. The van der Waals surface area contributed by atoms with E-state index in [1.807, 2.05) is 194 Å². The third-order valence-corrected chi connectivity index (χ3v) is 12.7. The zero-order valence-corrected chi connectivity index (χ0v) is 39.0. The van der Waals surface area contributed by atoms with Gasteiger partial charge in [0.1, 0.15) is 48.8 Å². The molecule has 0 saturated carbocycles. The van der Waals surface area contributed by atoms with Crippen LogP contribution in [0.2, 0.25) is 0 Å². The van der Waals surface area contributed by atoms with Crippen molar-refractivity contribution in [2.75, 3.05) is 26.4 Å². The molecule has 6 aromatic rings. The van der Waals surface area contributed by atoms with Gasteiger partial charge in [-0.2, -0.15) is 0 Å². The van der Waals surface area contributed by atoms with Gasteiger partial charge in [-0.1, -0.05) is 194 Å². The fraction of sp³-hybridized carbons (Fsp3) is 0.345. The van der Waals surface area contributed by atoms with Gasteiger partial charge < -0.3 is 56.8 Å². The molecule has 0 aliphatic carbocycles. The predicted octanol–water partition coefficient (Wildman–Crippen LogP) is 9.60. The van der Waals surface area contributed by atoms with Gasteiger partial charge in [0.2, 0.25) is 0 Å². The molecule has 6 aromatic carbocycles. The molecule has 70 heavy (non-hydrogen) atoms. The summed E-state index contributed by atoms with van der Waals surface area (Å²) >= 11 is 0. The molecule has 0 amide bonds. The highest BCUT2D eigenvalue weighted by Crippen LogP contribution is 2.39. The van der Waals surface area contributed by atoms with Gasteiger partial charge in [-0.25, -0.2) is 0 Å². The molecule has 0 spiro atoms. The molecule has 4 fully saturated rings. The summed E-state index contributed by atoms with van der Waals surface area (Å²) in [5, 5.41) is 0. The van der Waals surface area contributed by atoms with Gasteiger partial charge in [-0.15, -0.1) is 0 Å². The van der Waals surface area contributed by atoms with Gasteiger partial charge in [-0.3, -0.25) is 0 Å². The molecular weight excluding hydrogens is 889 g/mol. The van der Waals surface area contributed by atoms with Crippen LogP contribution >= 0.6 is 0 Å². The lowest BCUT2D eigenvalue weighted by molar-refractivity contribution is -0.372. The number of rotatable bonds is 20. The van der Waals surface area contributed by atoms with E-state index in [9.17, 15) is 0 Å². The lowest BCUT2D eigenvalue weighted by atomic mass is 9.97. The second-order valence-electron chi connectivity index (χ2n) is 17.6. The average Bonchev–Trinajstić information content (AvgIpc) is 3.43. The summed E-state index contributed by atoms with van der Waals surface area (Å²) in [5.41, 5.74) is 5.86. The standard InChI is InChI=1S/C58H60O12/c1-7-21-41(22-8-1)35-61-51-49-47(39-65-55(69-49)45-29-15-5-16-30-45)67-57(63-37-43-25-11-3-12-26-43)53(51)59-33-19-20-34-60-54-52(62-36-42-23-9-2-10-24-42)50-48(40-66-56(70-50)46-31-17-6-18-32-46)68-58(54)64-38-44-27-13-4-14-28-44/h1-32,47-58H,33-40H2/b20-19+/t47-,48-,49-,50-,51+,52+,53+,54+,55?,56?,57+,58+/m1/s1. The first-order valence-corrected chi connectivity index (χ1v) is 24.2. The molecule has 4 aliphatic rings. The van der Waals surface area contributed by atoms with Crippen LogP contribution in [0.1, 0.15) is 46.0 Å². The Morgan fingerprint density at radius 2 is 0.657 bits per heavy atom. The number of fused-ring (bicyclic) bond motifs is 2. The molecule has 2 unspecified atom stereocenters. The molecule has 12 atom stereocenters. The molecule has 10 rings (SSSR count). The van der Waals surface area contributed by atoms with Crippen LogP contribution in [0.5, 0.6) is 0 Å². The monoisotopic (exact) mass is 948 g/mol. The van der Waals surface area contributed by atoms with Crippen LogP contribution in [0.3, 0.4) is 0 Å². The summed E-state index contributed by atoms with van der Waals surface area (Å²) in [5.74, 6) is 0. The zero-order valence-electron chi connectivity index (χ0n) is 39.0. The van der Waals surface area contributed by atoms with Crippen LogP contribution in [-0.4, -0.2) is 87.8 Å². The molecule has 364 valence electrons. The second-order valence-corrected chi connectivity index (χ2v) is 17.6. The molecule has 0 N–H and O–H groups in total. The quantitative estimate of drug-likeness (QED) is 0.0680. The Morgan fingerprint density at radius 1 is 0.343 bits per heavy atom. The maximum absolute atomic E-state index is 6.81. The summed E-state index contributed by atoms with van der Waals surface area (Å²) in [6.07, 6.45) is -3.52. The van der Waals surface area contributed by atoms with Crippen LogP contribution in [0.25, 0.3) is 0 Å². The predicted molar refractivity (Wildman–Crippen MR) is 258 cm³/mol. The van der Waals surface area contributed by atoms with E-state index in [-0.39, 0.29) is 26.4 Å². The third kappa shape index (κ3) is 12.5. The van der Waals surface area contributed by atoms with Crippen molar-refractivity contribution in [3.63, 3.8) is 0 Å². The third-order valence-electron chi connectivity index (χ3n) is 12.7. The maximum Gasteiger partial charge on any atom is 0.187 e. The highest BCUT2D eigenvalue weighted by Gasteiger charge is 2.53. The maximum atomic E-state index is 6.81. The smallest absolute Gasteiger partial charge is 0.187 e. The molecule has 4 aliphatic heterocycles. The van der Waals surface area contributed by atoms with Gasteiger partial charge in [0.05, 0.1) is 52.9 Å². The van der Waals surface area contributed by atoms with Gasteiger partial charge in [0, 0.05) is 11.1 Å². The van der Waals surface area contributed by atoms with Gasteiger partial charge in [0.25, 0.3) is 0 Å². The van der Waals surface area contributed by atoms with E-state index in [4.69, 9.17) is 56.8 Å². The number of hydrogen-bond acceptors (Lipinski definition) is 12. The fourth-order valence-electron chi connectivity index (χ4n) is 9.16. The molecule has 4 heterocycles. The first kappa shape index (κ1) is 48.2. The molecule has 12 heteroatoms. The average molecular weight is 949 g/mol. The SMILES string of the molecule is C(=C\CO[C@@H]1[C@@H](OCc2ccccc2)O[C@@H]2COC(c3ccccc3)O[C@H]2[C@@H]1OCc1ccccc1)/CO[C@@H]1[C@@H](OCc2ccccc2)O[C@@H]2COC(c3ccccc3)O[C@H]2[C@@H]1OCc1ccccc1. The Morgan fingerprint density at radius 3 is 1.00 bits per heavy atom. The van der Waals surface area contributed by atoms with Gasteiger partial charge in [-0.05, 0) is 22.3 Å². The van der Waals surface area contributed by atoms with Crippen LogP contribution in [-0.2, 0) is 83.3 Å². The van der Waals surface area contributed by atoms with Crippen molar-refractivity contribution in [1.82, 2.24) is 0 Å². The largest absolute Gasteiger partial charge is 0.368 e. The van der Waals surface area contributed by atoms with E-state index in [1.165, 1.54) is 0 Å². The molecule has 0 aromatic heterocycles. The van der Waals surface area contributed by atoms with Crippen molar-refractivity contribution in [3.05, 3.63) is 228 Å². The Kier molecular flexibility index (Phi) is 17.0. The minimum Gasteiger partial charge on any atom is -0.368 e. The van der Waals surface area contributed by atoms with Crippen molar-refractivity contribution >= 4 is 0 Å². The molecule has 12 nitrogen and oxygen atoms in total. The Bertz CT molecular complexity index is 2280. The zero-order chi connectivity index (χ0) is 47.2. The van der Waals surface area contributed by atoms with Crippen molar-refractivity contribution in [1.29, 1.82) is 0 Å². The molecular formula is C58H60O12. The van der Waals surface area contributed by atoms with E-state index in [0.29, 0.717) is 26.4 Å². The highest BCUT2D eigenvalue weighted by atomic mass is 16.8. The van der Waals surface area contributed by atoms with Gasteiger partial charge in [0.15, 0.2) is 25.2 Å². The van der Waals surface area contributed by atoms with E-state index in [2.05, 4.69) is 0 Å². The summed E-state index contributed by atoms with van der Waals surface area (Å²) < 4.78 is 79.5. The van der Waals surface area contributed by atoms with Crippen molar-refractivity contribution in [2.45, 2.75) is 100 Å². The summed E-state index contributed by atoms with van der Waals surface area (Å²) in [4.78, 5) is 0. The van der Waals surface area contributed by atoms with Crippen LogP contribution in [0.15, 0.2) is 194 Å². The van der Waals surface area contributed by atoms with Crippen molar-refractivity contribution in [2.24, 2.45) is 0 Å². The minimum absolute atomic E-state index is 0.191. The lowest BCUT2D eigenvalue weighted by Crippen LogP contribution is -2.63. The summed E-state index contributed by atoms with van der Waals surface area (Å²) in [6, 6.07) is 59.9. The molecule has 0 radical (unpaired) electrons. The van der Waals surface area contributed by atoms with E-state index < -0.39 is 74.0 Å². The first-order chi connectivity index (χ1) is 34.7. The normalized spacial score (nSPS) is 28.7. The van der Waals surface area contributed by atoms with E-state index in [1.54, 1.807) is 0 Å². The second kappa shape index (κ2) is 24.6.